The highest BCUT2D eigenvalue weighted by molar-refractivity contribution is 6.30. The molecule has 0 radical (unpaired) electrons. The number of halogens is 1. The third-order valence-electron chi connectivity index (χ3n) is 2.17. The van der Waals surface area contributed by atoms with Gasteiger partial charge in [-0.15, -0.1) is 6.58 Å². The van der Waals surface area contributed by atoms with Crippen LogP contribution in [0.15, 0.2) is 36.9 Å². The second kappa shape index (κ2) is 5.84. The van der Waals surface area contributed by atoms with Crippen LogP contribution in [0.5, 0.6) is 0 Å². The van der Waals surface area contributed by atoms with Crippen LogP contribution in [0.4, 0.5) is 0 Å². The average Bonchev–Trinajstić information content (AvgIpc) is 2.19. The van der Waals surface area contributed by atoms with Crippen molar-refractivity contribution in [1.29, 1.82) is 0 Å². The summed E-state index contributed by atoms with van der Waals surface area (Å²) in [5.41, 5.74) is 1.26. The minimum absolute atomic E-state index is 0.368. The van der Waals surface area contributed by atoms with E-state index in [-0.39, 0.29) is 0 Å². The summed E-state index contributed by atoms with van der Waals surface area (Å²) in [5.74, 6) is 0. The summed E-state index contributed by atoms with van der Waals surface area (Å²) < 4.78 is 0. The van der Waals surface area contributed by atoms with Crippen LogP contribution < -0.4 is 5.32 Å². The highest BCUT2D eigenvalue weighted by Gasteiger charge is 2.02. The Balaban J connectivity index is 2.47. The van der Waals surface area contributed by atoms with Crippen molar-refractivity contribution in [2.45, 2.75) is 19.4 Å². The molecule has 0 unspecified atom stereocenters. The van der Waals surface area contributed by atoms with E-state index in [0.29, 0.717) is 6.04 Å². The van der Waals surface area contributed by atoms with E-state index >= 15 is 0 Å². The number of rotatable bonds is 5. The van der Waals surface area contributed by atoms with Crippen molar-refractivity contribution in [3.63, 3.8) is 0 Å². The van der Waals surface area contributed by atoms with Gasteiger partial charge in [0.2, 0.25) is 0 Å². The lowest BCUT2D eigenvalue weighted by Crippen LogP contribution is -2.19. The van der Waals surface area contributed by atoms with Crippen LogP contribution in [0.2, 0.25) is 5.02 Å². The third-order valence-corrected chi connectivity index (χ3v) is 2.42. The van der Waals surface area contributed by atoms with Crippen LogP contribution in [-0.4, -0.2) is 6.54 Å². The summed E-state index contributed by atoms with van der Waals surface area (Å²) >= 11 is 5.81. The fraction of sp³-hybridized carbons (Fsp3) is 0.333. The van der Waals surface area contributed by atoms with Crippen molar-refractivity contribution < 1.29 is 0 Å². The fourth-order valence-corrected chi connectivity index (χ4v) is 1.40. The van der Waals surface area contributed by atoms with Crippen molar-refractivity contribution in [2.75, 3.05) is 6.54 Å². The highest BCUT2D eigenvalue weighted by Crippen LogP contribution is 2.15. The Morgan fingerprint density at radius 3 is 2.64 bits per heavy atom. The first-order valence-electron chi connectivity index (χ1n) is 4.84. The van der Waals surface area contributed by atoms with Crippen LogP contribution in [0.3, 0.4) is 0 Å². The number of hydrogen-bond donors (Lipinski definition) is 1. The van der Waals surface area contributed by atoms with Crippen molar-refractivity contribution in [3.05, 3.63) is 47.5 Å². The number of nitrogens with one attached hydrogen (secondary N) is 1. The Bertz CT molecular complexity index is 279. The molecule has 1 aromatic rings. The first-order chi connectivity index (χ1) is 6.74. The molecule has 0 aliphatic heterocycles. The maximum absolute atomic E-state index is 5.81. The van der Waals surface area contributed by atoms with Gasteiger partial charge >= 0.3 is 0 Å². The zero-order valence-corrected chi connectivity index (χ0v) is 9.22. The molecule has 0 saturated heterocycles. The van der Waals surface area contributed by atoms with E-state index in [2.05, 4.69) is 18.8 Å². The van der Waals surface area contributed by atoms with E-state index in [0.717, 1.165) is 18.0 Å². The molecule has 0 amide bonds. The molecule has 1 rings (SSSR count). The van der Waals surface area contributed by atoms with Gasteiger partial charge in [-0.05, 0) is 37.6 Å². The molecule has 0 spiro atoms. The SMILES string of the molecule is C=CCCN[C@H](C)c1ccc(Cl)cc1. The topological polar surface area (TPSA) is 12.0 Å². The normalized spacial score (nSPS) is 12.4. The Morgan fingerprint density at radius 2 is 2.07 bits per heavy atom. The molecule has 1 atom stereocenters. The molecule has 0 saturated carbocycles. The van der Waals surface area contributed by atoms with Crippen molar-refractivity contribution in [1.82, 2.24) is 5.32 Å². The highest BCUT2D eigenvalue weighted by atomic mass is 35.5. The van der Waals surface area contributed by atoms with Crippen molar-refractivity contribution in [2.24, 2.45) is 0 Å². The predicted octanol–water partition coefficient (Wildman–Crippen LogP) is 3.57. The third kappa shape index (κ3) is 3.52. The molecule has 0 aliphatic carbocycles. The van der Waals surface area contributed by atoms with Crippen LogP contribution in [0.1, 0.15) is 24.9 Å². The van der Waals surface area contributed by atoms with Crippen LogP contribution >= 0.6 is 11.6 Å². The van der Waals surface area contributed by atoms with Gasteiger partial charge in [-0.1, -0.05) is 29.8 Å². The van der Waals surface area contributed by atoms with E-state index < -0.39 is 0 Å². The van der Waals surface area contributed by atoms with Gasteiger partial charge in [0.25, 0.3) is 0 Å². The molecule has 0 aliphatic rings. The number of benzene rings is 1. The molecule has 1 aromatic carbocycles. The van der Waals surface area contributed by atoms with Gasteiger partial charge < -0.3 is 5.32 Å². The second-order valence-electron chi connectivity index (χ2n) is 3.30. The van der Waals surface area contributed by atoms with Gasteiger partial charge in [0.05, 0.1) is 0 Å². The lowest BCUT2D eigenvalue weighted by molar-refractivity contribution is 0.581. The zero-order chi connectivity index (χ0) is 10.4. The van der Waals surface area contributed by atoms with Gasteiger partial charge in [0.1, 0.15) is 0 Å². The Hall–Kier alpha value is -0.790. The number of hydrogen-bond acceptors (Lipinski definition) is 1. The molecular formula is C12H16ClN. The summed E-state index contributed by atoms with van der Waals surface area (Å²) in [5, 5.41) is 4.19. The maximum atomic E-state index is 5.81. The molecule has 0 fully saturated rings. The summed E-state index contributed by atoms with van der Waals surface area (Å²) in [6.45, 7) is 6.80. The Kier molecular flexibility index (Phi) is 4.71. The van der Waals surface area contributed by atoms with E-state index in [1.165, 1.54) is 5.56 Å². The Morgan fingerprint density at radius 1 is 1.43 bits per heavy atom. The Labute approximate surface area is 90.8 Å². The molecular weight excluding hydrogens is 194 g/mol. The molecule has 2 heteroatoms. The quantitative estimate of drug-likeness (QED) is 0.578. The molecule has 1 N–H and O–H groups in total. The molecule has 0 heterocycles. The standard InChI is InChI=1S/C12H16ClN/c1-3-4-9-14-10(2)11-5-7-12(13)8-6-11/h3,5-8,10,14H,1,4,9H2,2H3/t10-/m1/s1. The molecule has 76 valence electrons. The van der Waals surface area contributed by atoms with Gasteiger partial charge in [0.15, 0.2) is 0 Å². The molecule has 14 heavy (non-hydrogen) atoms. The molecule has 0 aromatic heterocycles. The summed E-state index contributed by atoms with van der Waals surface area (Å²) in [6.07, 6.45) is 2.92. The summed E-state index contributed by atoms with van der Waals surface area (Å²) in [4.78, 5) is 0. The van der Waals surface area contributed by atoms with Gasteiger partial charge in [-0.3, -0.25) is 0 Å². The first kappa shape index (κ1) is 11.3. The zero-order valence-electron chi connectivity index (χ0n) is 8.46. The summed E-state index contributed by atoms with van der Waals surface area (Å²) in [7, 11) is 0. The van der Waals surface area contributed by atoms with E-state index in [1.54, 1.807) is 0 Å². The van der Waals surface area contributed by atoms with Crippen LogP contribution in [-0.2, 0) is 0 Å². The minimum Gasteiger partial charge on any atom is -0.310 e. The lowest BCUT2D eigenvalue weighted by Gasteiger charge is -2.13. The van der Waals surface area contributed by atoms with E-state index in [9.17, 15) is 0 Å². The van der Waals surface area contributed by atoms with E-state index in [4.69, 9.17) is 11.6 Å². The maximum Gasteiger partial charge on any atom is 0.0406 e. The minimum atomic E-state index is 0.368. The lowest BCUT2D eigenvalue weighted by atomic mass is 10.1. The fourth-order valence-electron chi connectivity index (χ4n) is 1.27. The van der Waals surface area contributed by atoms with Gasteiger partial charge in [0, 0.05) is 11.1 Å². The van der Waals surface area contributed by atoms with E-state index in [1.807, 2.05) is 30.3 Å². The predicted molar refractivity (Wildman–Crippen MR) is 62.7 cm³/mol. The van der Waals surface area contributed by atoms with Crippen molar-refractivity contribution >= 4 is 11.6 Å². The second-order valence-corrected chi connectivity index (χ2v) is 3.74. The molecule has 0 bridgehead atoms. The molecule has 1 nitrogen and oxygen atoms in total. The van der Waals surface area contributed by atoms with Gasteiger partial charge in [-0.2, -0.15) is 0 Å². The van der Waals surface area contributed by atoms with Gasteiger partial charge in [-0.25, -0.2) is 0 Å². The first-order valence-corrected chi connectivity index (χ1v) is 5.21. The van der Waals surface area contributed by atoms with Crippen molar-refractivity contribution in [3.8, 4) is 0 Å². The average molecular weight is 210 g/mol. The smallest absolute Gasteiger partial charge is 0.0406 e. The van der Waals surface area contributed by atoms with Crippen LogP contribution in [0.25, 0.3) is 0 Å². The van der Waals surface area contributed by atoms with Crippen LogP contribution in [0, 0.1) is 0 Å². The monoisotopic (exact) mass is 209 g/mol. The summed E-state index contributed by atoms with van der Waals surface area (Å²) in [6, 6.07) is 8.31. The largest absolute Gasteiger partial charge is 0.310 e.